The topological polar surface area (TPSA) is 94.8 Å². The molecule has 0 aliphatic carbocycles. The van der Waals surface area contributed by atoms with Crippen LogP contribution < -0.4 is 10.9 Å². The highest BCUT2D eigenvalue weighted by molar-refractivity contribution is 6.33. The molecule has 1 atom stereocenters. The van der Waals surface area contributed by atoms with Crippen LogP contribution in [0.25, 0.3) is 33.4 Å². The van der Waals surface area contributed by atoms with Gasteiger partial charge in [0.2, 0.25) is 5.95 Å². The van der Waals surface area contributed by atoms with E-state index in [-0.39, 0.29) is 11.6 Å². The molecule has 0 spiro atoms. The summed E-state index contributed by atoms with van der Waals surface area (Å²) in [5.74, 6) is 0.495. The van der Waals surface area contributed by atoms with Crippen molar-refractivity contribution in [2.45, 2.75) is 32.9 Å². The van der Waals surface area contributed by atoms with Crippen molar-refractivity contribution in [3.63, 3.8) is 0 Å². The molecule has 4 heterocycles. The fraction of sp³-hybridized carbons (Fsp3) is 0.292. The lowest BCUT2D eigenvalue weighted by molar-refractivity contribution is 0.195. The third-order valence-corrected chi connectivity index (χ3v) is 6.16. The van der Waals surface area contributed by atoms with Crippen LogP contribution in [0.2, 0.25) is 5.02 Å². The number of anilines is 1. The van der Waals surface area contributed by atoms with Gasteiger partial charge < -0.3 is 10.1 Å². The smallest absolute Gasteiger partial charge is 0.260 e. The number of rotatable bonds is 5. The second-order valence-corrected chi connectivity index (χ2v) is 8.43. The molecule has 4 aromatic rings. The third kappa shape index (κ3) is 4.07. The molecule has 9 heteroatoms. The summed E-state index contributed by atoms with van der Waals surface area (Å²) < 4.78 is 7.07. The quantitative estimate of drug-likeness (QED) is 0.477. The molecule has 0 saturated carbocycles. The molecule has 1 saturated heterocycles. The minimum atomic E-state index is -0.146. The maximum Gasteiger partial charge on any atom is 0.260 e. The molecule has 0 radical (unpaired) electrons. The lowest BCUT2D eigenvalue weighted by atomic mass is 9.98. The van der Waals surface area contributed by atoms with Crippen molar-refractivity contribution >= 4 is 28.6 Å². The van der Waals surface area contributed by atoms with Crippen molar-refractivity contribution in [2.75, 3.05) is 18.5 Å². The molecule has 1 aliphatic heterocycles. The van der Waals surface area contributed by atoms with Gasteiger partial charge in [-0.25, -0.2) is 4.98 Å². The van der Waals surface area contributed by atoms with E-state index in [2.05, 4.69) is 25.3 Å². The SMILES string of the molecule is CCn1c(=O)c(-c2cc(C)c(-c3cnccn3)cc2Cl)cc2cnc(N[C@@H]3CCOC3)nc21. The molecule has 1 aliphatic rings. The standard InChI is InChI=1S/C24H23ClN6O2/c1-3-31-22-15(11-28-24(30-22)29-16-4-7-33-13-16)9-19(23(31)32)18-8-14(2)17(10-20(18)25)21-12-26-5-6-27-21/h5-6,8-12,16H,3-4,7,13H2,1-2H3,(H,28,29,30)/t16-/m1/s1. The van der Waals surface area contributed by atoms with Crippen molar-refractivity contribution in [3.05, 3.63) is 63.9 Å². The molecule has 0 bridgehead atoms. The van der Waals surface area contributed by atoms with E-state index >= 15 is 0 Å². The maximum atomic E-state index is 13.5. The van der Waals surface area contributed by atoms with Gasteiger partial charge in [0.1, 0.15) is 5.65 Å². The summed E-state index contributed by atoms with van der Waals surface area (Å²) in [6.07, 6.45) is 7.61. The first-order valence-electron chi connectivity index (χ1n) is 10.9. The molecule has 0 amide bonds. The Labute approximate surface area is 195 Å². The van der Waals surface area contributed by atoms with Gasteiger partial charge in [-0.15, -0.1) is 0 Å². The Bertz CT molecular complexity index is 1380. The molecule has 8 nitrogen and oxygen atoms in total. The van der Waals surface area contributed by atoms with E-state index < -0.39 is 0 Å². The van der Waals surface area contributed by atoms with Crippen LogP contribution in [0.3, 0.4) is 0 Å². The highest BCUT2D eigenvalue weighted by Crippen LogP contribution is 2.34. The van der Waals surface area contributed by atoms with Crippen LogP contribution in [0.1, 0.15) is 18.9 Å². The Kier molecular flexibility index (Phi) is 5.78. The average molecular weight is 463 g/mol. The fourth-order valence-electron chi connectivity index (χ4n) is 4.15. The van der Waals surface area contributed by atoms with Crippen LogP contribution in [0.15, 0.2) is 47.8 Å². The van der Waals surface area contributed by atoms with E-state index in [0.717, 1.165) is 35.2 Å². The Morgan fingerprint density at radius 1 is 1.15 bits per heavy atom. The first-order valence-corrected chi connectivity index (χ1v) is 11.2. The number of nitrogens with one attached hydrogen (secondary N) is 1. The number of ether oxygens (including phenoxy) is 1. The summed E-state index contributed by atoms with van der Waals surface area (Å²) in [6.45, 7) is 5.72. The largest absolute Gasteiger partial charge is 0.379 e. The first-order chi connectivity index (χ1) is 16.0. The predicted molar refractivity (Wildman–Crippen MR) is 129 cm³/mol. The molecule has 5 rings (SSSR count). The Hall–Kier alpha value is -3.36. The third-order valence-electron chi connectivity index (χ3n) is 5.85. The van der Waals surface area contributed by atoms with E-state index in [0.29, 0.717) is 40.9 Å². The van der Waals surface area contributed by atoms with Gasteiger partial charge in [0.05, 0.1) is 24.5 Å². The van der Waals surface area contributed by atoms with Crippen LogP contribution in [0, 0.1) is 6.92 Å². The molecule has 33 heavy (non-hydrogen) atoms. The van der Waals surface area contributed by atoms with Crippen LogP contribution >= 0.6 is 11.6 Å². The van der Waals surface area contributed by atoms with E-state index in [1.54, 1.807) is 29.4 Å². The van der Waals surface area contributed by atoms with E-state index in [1.165, 1.54) is 0 Å². The van der Waals surface area contributed by atoms with E-state index in [1.807, 2.05) is 32.0 Å². The second kappa shape index (κ2) is 8.88. The monoisotopic (exact) mass is 462 g/mol. The number of nitrogens with zero attached hydrogens (tertiary/aromatic N) is 5. The number of aromatic nitrogens is 5. The summed E-state index contributed by atoms with van der Waals surface area (Å²) in [4.78, 5) is 31.1. The predicted octanol–water partition coefficient (Wildman–Crippen LogP) is 4.10. The summed E-state index contributed by atoms with van der Waals surface area (Å²) in [5, 5.41) is 4.54. The summed E-state index contributed by atoms with van der Waals surface area (Å²) in [7, 11) is 0. The van der Waals surface area contributed by atoms with Crippen LogP contribution in [0.4, 0.5) is 5.95 Å². The normalized spacial score (nSPS) is 15.8. The zero-order chi connectivity index (χ0) is 22.9. The Morgan fingerprint density at radius 3 is 2.76 bits per heavy atom. The lowest BCUT2D eigenvalue weighted by Gasteiger charge is -2.15. The number of fused-ring (bicyclic) bond motifs is 1. The van der Waals surface area contributed by atoms with Crippen molar-refractivity contribution in [2.24, 2.45) is 0 Å². The average Bonchev–Trinajstić information content (AvgIpc) is 3.34. The number of pyridine rings is 1. The minimum Gasteiger partial charge on any atom is -0.379 e. The molecule has 3 aromatic heterocycles. The lowest BCUT2D eigenvalue weighted by Crippen LogP contribution is -2.24. The van der Waals surface area contributed by atoms with Crippen LogP contribution in [-0.2, 0) is 11.3 Å². The van der Waals surface area contributed by atoms with Crippen molar-refractivity contribution < 1.29 is 4.74 Å². The number of hydrogen-bond donors (Lipinski definition) is 1. The van der Waals surface area contributed by atoms with Gasteiger partial charge in [0, 0.05) is 58.8 Å². The molecular formula is C24H23ClN6O2. The molecule has 0 unspecified atom stereocenters. The maximum absolute atomic E-state index is 13.5. The van der Waals surface area contributed by atoms with Gasteiger partial charge in [-0.3, -0.25) is 19.3 Å². The molecule has 1 fully saturated rings. The number of hydrogen-bond acceptors (Lipinski definition) is 7. The van der Waals surface area contributed by atoms with Gasteiger partial charge in [-0.05, 0) is 44.0 Å². The van der Waals surface area contributed by atoms with Gasteiger partial charge in [0.25, 0.3) is 5.56 Å². The minimum absolute atomic E-state index is 0.146. The number of halogens is 1. The summed E-state index contributed by atoms with van der Waals surface area (Å²) in [5.41, 5.74) is 4.18. The summed E-state index contributed by atoms with van der Waals surface area (Å²) in [6, 6.07) is 5.75. The van der Waals surface area contributed by atoms with Gasteiger partial charge in [0.15, 0.2) is 0 Å². The highest BCUT2D eigenvalue weighted by Gasteiger charge is 2.19. The molecular weight excluding hydrogens is 440 g/mol. The summed E-state index contributed by atoms with van der Waals surface area (Å²) >= 11 is 6.68. The van der Waals surface area contributed by atoms with Crippen LogP contribution in [0.5, 0.6) is 0 Å². The zero-order valence-corrected chi connectivity index (χ0v) is 19.1. The van der Waals surface area contributed by atoms with Gasteiger partial charge in [-0.2, -0.15) is 4.98 Å². The van der Waals surface area contributed by atoms with Crippen molar-refractivity contribution in [1.82, 2.24) is 24.5 Å². The van der Waals surface area contributed by atoms with Crippen molar-refractivity contribution in [3.8, 4) is 22.4 Å². The van der Waals surface area contributed by atoms with Crippen LogP contribution in [-0.4, -0.2) is 43.8 Å². The number of benzene rings is 1. The number of aryl methyl sites for hydroxylation is 2. The Morgan fingerprint density at radius 2 is 2.03 bits per heavy atom. The fourth-order valence-corrected chi connectivity index (χ4v) is 4.41. The second-order valence-electron chi connectivity index (χ2n) is 8.02. The molecule has 1 aromatic carbocycles. The Balaban J connectivity index is 1.60. The van der Waals surface area contributed by atoms with E-state index in [9.17, 15) is 4.79 Å². The van der Waals surface area contributed by atoms with Gasteiger partial charge in [-0.1, -0.05) is 11.6 Å². The highest BCUT2D eigenvalue weighted by atomic mass is 35.5. The van der Waals surface area contributed by atoms with Gasteiger partial charge >= 0.3 is 0 Å². The molecule has 168 valence electrons. The van der Waals surface area contributed by atoms with Crippen molar-refractivity contribution in [1.29, 1.82) is 0 Å². The van der Waals surface area contributed by atoms with E-state index in [4.69, 9.17) is 16.3 Å². The molecule has 1 N–H and O–H groups in total. The zero-order valence-electron chi connectivity index (χ0n) is 18.4. The first kappa shape index (κ1) is 21.5.